The van der Waals surface area contributed by atoms with Crippen LogP contribution in [0.5, 0.6) is 0 Å². The number of hydrogen-bond acceptors (Lipinski definition) is 5. The average Bonchev–Trinajstić information content (AvgIpc) is 3.46. The molecule has 1 saturated carbocycles. The van der Waals surface area contributed by atoms with Crippen LogP contribution in [0.2, 0.25) is 0 Å². The average molecular weight is 418 g/mol. The molecule has 1 saturated heterocycles. The van der Waals surface area contributed by atoms with Gasteiger partial charge in [-0.2, -0.15) is 9.40 Å². The molecule has 2 fully saturated rings. The van der Waals surface area contributed by atoms with Crippen molar-refractivity contribution in [1.82, 2.24) is 14.1 Å². The second-order valence-electron chi connectivity index (χ2n) is 7.84. The first-order valence-corrected chi connectivity index (χ1v) is 11.7. The molecule has 1 aliphatic carbocycles. The Hall–Kier alpha value is -2.19. The van der Waals surface area contributed by atoms with Crippen LogP contribution in [0.15, 0.2) is 35.2 Å². The molecule has 8 heteroatoms. The summed E-state index contributed by atoms with van der Waals surface area (Å²) in [5.41, 5.74) is 2.46. The van der Waals surface area contributed by atoms with E-state index in [9.17, 15) is 13.2 Å². The minimum atomic E-state index is -3.48. The number of aromatic nitrogens is 2. The van der Waals surface area contributed by atoms with Crippen molar-refractivity contribution in [2.24, 2.45) is 0 Å². The summed E-state index contributed by atoms with van der Waals surface area (Å²) in [4.78, 5) is 12.5. The van der Waals surface area contributed by atoms with E-state index in [0.29, 0.717) is 49.0 Å². The van der Waals surface area contributed by atoms with Gasteiger partial charge < -0.3 is 4.74 Å². The summed E-state index contributed by atoms with van der Waals surface area (Å²) >= 11 is 0. The Bertz CT molecular complexity index is 985. The minimum Gasteiger partial charge on any atom is -0.461 e. The first-order chi connectivity index (χ1) is 13.9. The Morgan fingerprint density at radius 2 is 1.79 bits per heavy atom. The topological polar surface area (TPSA) is 81.5 Å². The zero-order valence-corrected chi connectivity index (χ0v) is 17.7. The highest BCUT2D eigenvalue weighted by atomic mass is 32.2. The highest BCUT2D eigenvalue weighted by molar-refractivity contribution is 7.89. The number of hydrogen-bond donors (Lipinski definition) is 0. The van der Waals surface area contributed by atoms with Gasteiger partial charge in [0, 0.05) is 24.7 Å². The van der Waals surface area contributed by atoms with Gasteiger partial charge in [0.25, 0.3) is 0 Å². The number of rotatable bonds is 6. The Kier molecular flexibility index (Phi) is 5.48. The lowest BCUT2D eigenvalue weighted by molar-refractivity contribution is 0.0517. The van der Waals surface area contributed by atoms with Gasteiger partial charge in [-0.05, 0) is 57.7 Å². The normalized spacial score (nSPS) is 18.7. The van der Waals surface area contributed by atoms with E-state index in [2.05, 4.69) is 5.10 Å². The maximum Gasteiger partial charge on any atom is 0.358 e. The van der Waals surface area contributed by atoms with Gasteiger partial charge in [0.05, 0.1) is 17.5 Å². The fourth-order valence-corrected chi connectivity index (χ4v) is 5.35. The molecule has 2 aromatic rings. The van der Waals surface area contributed by atoms with Crippen LogP contribution in [0, 0.1) is 6.92 Å². The Labute approximate surface area is 171 Å². The number of ether oxygens (including phenoxy) is 1. The number of benzene rings is 1. The van der Waals surface area contributed by atoms with Crippen LogP contribution < -0.4 is 0 Å². The number of carbonyl (C=O) groups is 1. The lowest BCUT2D eigenvalue weighted by Gasteiger charge is -2.32. The van der Waals surface area contributed by atoms with Gasteiger partial charge in [-0.3, -0.25) is 4.68 Å². The largest absolute Gasteiger partial charge is 0.461 e. The predicted octanol–water partition coefficient (Wildman–Crippen LogP) is 3.27. The minimum absolute atomic E-state index is 0.0956. The van der Waals surface area contributed by atoms with Gasteiger partial charge in [0.15, 0.2) is 5.69 Å². The first kappa shape index (κ1) is 20.1. The molecule has 0 spiro atoms. The third-order valence-corrected chi connectivity index (χ3v) is 7.59. The summed E-state index contributed by atoms with van der Waals surface area (Å²) in [6.45, 7) is 4.92. The number of aryl methyl sites for hydroxylation is 1. The molecule has 0 radical (unpaired) electrons. The second kappa shape index (κ2) is 7.91. The van der Waals surface area contributed by atoms with Crippen LogP contribution in [0.25, 0.3) is 0 Å². The maximum atomic E-state index is 12.9. The van der Waals surface area contributed by atoms with Crippen LogP contribution >= 0.6 is 0 Å². The van der Waals surface area contributed by atoms with Crippen molar-refractivity contribution in [2.45, 2.75) is 56.4 Å². The molecule has 0 bridgehead atoms. The fourth-order valence-electron chi connectivity index (χ4n) is 3.88. The molecule has 4 rings (SSSR count). The fraction of sp³-hybridized carbons (Fsp3) is 0.524. The molecular formula is C21H27N3O4S. The molecule has 7 nitrogen and oxygen atoms in total. The molecule has 0 amide bonds. The number of carbonyl (C=O) groups excluding carboxylic acids is 1. The molecule has 0 unspecified atom stereocenters. The van der Waals surface area contributed by atoms with Crippen molar-refractivity contribution in [2.75, 3.05) is 19.7 Å². The third kappa shape index (κ3) is 4.09. The van der Waals surface area contributed by atoms with Crippen molar-refractivity contribution in [3.05, 3.63) is 47.3 Å². The molecular weight excluding hydrogens is 390 g/mol. The van der Waals surface area contributed by atoms with Gasteiger partial charge in [-0.25, -0.2) is 13.2 Å². The molecule has 156 valence electrons. The molecule has 2 aliphatic rings. The van der Waals surface area contributed by atoms with E-state index in [1.165, 1.54) is 0 Å². The van der Waals surface area contributed by atoms with E-state index in [4.69, 9.17) is 4.74 Å². The van der Waals surface area contributed by atoms with Gasteiger partial charge in [-0.15, -0.1) is 0 Å². The van der Waals surface area contributed by atoms with Gasteiger partial charge in [-0.1, -0.05) is 17.7 Å². The smallest absolute Gasteiger partial charge is 0.358 e. The van der Waals surface area contributed by atoms with E-state index < -0.39 is 16.0 Å². The summed E-state index contributed by atoms with van der Waals surface area (Å²) in [7, 11) is -3.48. The quantitative estimate of drug-likeness (QED) is 0.674. The maximum absolute atomic E-state index is 12.9. The Balaban J connectivity index is 1.49. The molecule has 29 heavy (non-hydrogen) atoms. The third-order valence-electron chi connectivity index (χ3n) is 5.67. The van der Waals surface area contributed by atoms with Crippen molar-refractivity contribution >= 4 is 16.0 Å². The molecule has 1 aromatic heterocycles. The van der Waals surface area contributed by atoms with Gasteiger partial charge >= 0.3 is 5.97 Å². The monoisotopic (exact) mass is 417 g/mol. The molecule has 2 heterocycles. The SMILES string of the molecule is CCOC(=O)c1cc(C2CC2)n(C2CCN(S(=O)(=O)c3ccc(C)cc3)CC2)n1. The van der Waals surface area contributed by atoms with Crippen LogP contribution in [0.1, 0.15) is 66.3 Å². The lowest BCUT2D eigenvalue weighted by atomic mass is 10.1. The van der Waals surface area contributed by atoms with E-state index >= 15 is 0 Å². The summed E-state index contributed by atoms with van der Waals surface area (Å²) in [5, 5.41) is 4.54. The van der Waals surface area contributed by atoms with E-state index in [0.717, 1.165) is 24.1 Å². The van der Waals surface area contributed by atoms with Gasteiger partial charge in [0.2, 0.25) is 10.0 Å². The summed E-state index contributed by atoms with van der Waals surface area (Å²) in [5.74, 6) is 0.0486. The van der Waals surface area contributed by atoms with E-state index in [-0.39, 0.29) is 6.04 Å². The molecule has 0 N–H and O–H groups in total. The second-order valence-corrected chi connectivity index (χ2v) is 9.78. The van der Waals surface area contributed by atoms with Crippen molar-refractivity contribution in [3.63, 3.8) is 0 Å². The summed E-state index contributed by atoms with van der Waals surface area (Å²) in [6.07, 6.45) is 3.56. The standard InChI is InChI=1S/C21H27N3O4S/c1-3-28-21(25)19-14-20(16-6-7-16)24(22-19)17-10-12-23(13-11-17)29(26,27)18-8-4-15(2)5-9-18/h4-5,8-9,14,16-17H,3,6-7,10-13H2,1-2H3. The van der Waals surface area contributed by atoms with Crippen molar-refractivity contribution in [3.8, 4) is 0 Å². The predicted molar refractivity (Wildman–Crippen MR) is 108 cm³/mol. The first-order valence-electron chi connectivity index (χ1n) is 10.2. The number of nitrogens with zero attached hydrogens (tertiary/aromatic N) is 3. The summed E-state index contributed by atoms with van der Waals surface area (Å²) < 4.78 is 34.5. The molecule has 0 atom stereocenters. The molecule has 1 aliphatic heterocycles. The van der Waals surface area contributed by atoms with Crippen molar-refractivity contribution in [1.29, 1.82) is 0 Å². The van der Waals surface area contributed by atoms with Crippen LogP contribution in [-0.4, -0.2) is 48.2 Å². The van der Waals surface area contributed by atoms with Crippen LogP contribution in [0.4, 0.5) is 0 Å². The highest BCUT2D eigenvalue weighted by Gasteiger charge is 2.35. The van der Waals surface area contributed by atoms with E-state index in [1.807, 2.05) is 29.8 Å². The zero-order chi connectivity index (χ0) is 20.6. The molecule has 1 aromatic carbocycles. The van der Waals surface area contributed by atoms with Gasteiger partial charge in [0.1, 0.15) is 0 Å². The Morgan fingerprint density at radius 3 is 2.38 bits per heavy atom. The lowest BCUT2D eigenvalue weighted by Crippen LogP contribution is -2.39. The number of sulfonamides is 1. The van der Waals surface area contributed by atoms with E-state index in [1.54, 1.807) is 23.4 Å². The highest BCUT2D eigenvalue weighted by Crippen LogP contribution is 2.42. The summed E-state index contributed by atoms with van der Waals surface area (Å²) in [6, 6.07) is 8.93. The number of piperidine rings is 1. The van der Waals surface area contributed by atoms with Crippen molar-refractivity contribution < 1.29 is 17.9 Å². The number of esters is 1. The zero-order valence-electron chi connectivity index (χ0n) is 16.9. The van der Waals surface area contributed by atoms with Crippen LogP contribution in [0.3, 0.4) is 0 Å². The Morgan fingerprint density at radius 1 is 1.14 bits per heavy atom. The van der Waals surface area contributed by atoms with Crippen LogP contribution in [-0.2, 0) is 14.8 Å².